The Hall–Kier alpha value is -3.15. The first-order valence-electron chi connectivity index (χ1n) is 10.2. The minimum atomic E-state index is 0.00361. The highest BCUT2D eigenvalue weighted by atomic mass is 16.5. The molecule has 1 atom stereocenters. The predicted molar refractivity (Wildman–Crippen MR) is 115 cm³/mol. The molecule has 0 saturated carbocycles. The summed E-state index contributed by atoms with van der Waals surface area (Å²) in [5.74, 6) is 2.95. The Morgan fingerprint density at radius 2 is 1.57 bits per heavy atom. The van der Waals surface area contributed by atoms with Crippen LogP contribution in [0.4, 0.5) is 0 Å². The van der Waals surface area contributed by atoms with Gasteiger partial charge in [-0.2, -0.15) is 0 Å². The summed E-state index contributed by atoms with van der Waals surface area (Å²) >= 11 is 0. The highest BCUT2D eigenvalue weighted by molar-refractivity contribution is 6.13. The summed E-state index contributed by atoms with van der Waals surface area (Å²) in [6, 6.07) is 8.21. The SMILES string of the molecule is COc1cc2cc3c4c(c(OC)c(OC)cc4c2cc1OC)C1CCCC(=O)N1C3. The first kappa shape index (κ1) is 18.9. The van der Waals surface area contributed by atoms with E-state index in [1.807, 2.05) is 23.1 Å². The van der Waals surface area contributed by atoms with Crippen molar-refractivity contribution in [3.8, 4) is 23.0 Å². The third kappa shape index (κ3) is 2.52. The molecule has 2 heterocycles. The molecule has 156 valence electrons. The lowest BCUT2D eigenvalue weighted by atomic mass is 9.82. The van der Waals surface area contributed by atoms with Crippen LogP contribution in [-0.4, -0.2) is 39.2 Å². The van der Waals surface area contributed by atoms with Crippen molar-refractivity contribution in [2.24, 2.45) is 0 Å². The van der Waals surface area contributed by atoms with Gasteiger partial charge in [0.25, 0.3) is 0 Å². The minimum Gasteiger partial charge on any atom is -0.493 e. The molecule has 3 aromatic rings. The van der Waals surface area contributed by atoms with Gasteiger partial charge in [-0.15, -0.1) is 0 Å². The van der Waals surface area contributed by atoms with Crippen molar-refractivity contribution in [1.29, 1.82) is 0 Å². The van der Waals surface area contributed by atoms with Gasteiger partial charge in [0, 0.05) is 18.5 Å². The number of fused-ring (bicyclic) bond motifs is 4. The van der Waals surface area contributed by atoms with Gasteiger partial charge in [-0.1, -0.05) is 0 Å². The second-order valence-corrected chi connectivity index (χ2v) is 7.84. The molecule has 30 heavy (non-hydrogen) atoms. The van der Waals surface area contributed by atoms with Crippen LogP contribution in [0, 0.1) is 0 Å². The molecule has 1 unspecified atom stereocenters. The van der Waals surface area contributed by atoms with Gasteiger partial charge < -0.3 is 23.8 Å². The molecule has 1 amide bonds. The summed E-state index contributed by atoms with van der Waals surface area (Å²) in [5.41, 5.74) is 2.17. The van der Waals surface area contributed by atoms with E-state index in [9.17, 15) is 4.79 Å². The summed E-state index contributed by atoms with van der Waals surface area (Å²) in [6.45, 7) is 0.604. The number of ether oxygens (including phenoxy) is 4. The molecule has 1 saturated heterocycles. The second-order valence-electron chi connectivity index (χ2n) is 7.84. The van der Waals surface area contributed by atoms with Crippen molar-refractivity contribution in [2.45, 2.75) is 31.8 Å². The maximum absolute atomic E-state index is 12.8. The molecular weight excluding hydrogens is 382 g/mol. The van der Waals surface area contributed by atoms with Crippen LogP contribution in [0.5, 0.6) is 23.0 Å². The molecule has 5 rings (SSSR count). The van der Waals surface area contributed by atoms with Crippen LogP contribution < -0.4 is 18.9 Å². The number of nitrogens with zero attached hydrogens (tertiary/aromatic N) is 1. The largest absolute Gasteiger partial charge is 0.493 e. The zero-order chi connectivity index (χ0) is 21.0. The smallest absolute Gasteiger partial charge is 0.223 e. The molecule has 6 heteroatoms. The van der Waals surface area contributed by atoms with Gasteiger partial charge >= 0.3 is 0 Å². The standard InChI is InChI=1S/C24H25NO5/c1-27-18-9-13-8-14-12-25-17(6-5-7-21(25)26)23-22(14)16(15(13)10-19(18)28-2)11-20(29-3)24(23)30-4/h8-11,17H,5-7,12H2,1-4H3. The fourth-order valence-electron chi connectivity index (χ4n) is 5.13. The van der Waals surface area contributed by atoms with Gasteiger partial charge in [-0.25, -0.2) is 0 Å². The molecule has 6 nitrogen and oxygen atoms in total. The number of hydrogen-bond donors (Lipinski definition) is 0. The molecule has 0 radical (unpaired) electrons. The van der Waals surface area contributed by atoms with Gasteiger partial charge in [0.1, 0.15) is 0 Å². The van der Waals surface area contributed by atoms with Gasteiger partial charge in [-0.05, 0) is 64.2 Å². The summed E-state index contributed by atoms with van der Waals surface area (Å²) in [4.78, 5) is 14.8. The lowest BCUT2D eigenvalue weighted by Crippen LogP contribution is -2.40. The maximum atomic E-state index is 12.8. The number of hydrogen-bond acceptors (Lipinski definition) is 5. The van der Waals surface area contributed by atoms with Crippen LogP contribution >= 0.6 is 0 Å². The van der Waals surface area contributed by atoms with Crippen molar-refractivity contribution < 1.29 is 23.7 Å². The van der Waals surface area contributed by atoms with Gasteiger partial charge in [0.05, 0.1) is 34.5 Å². The predicted octanol–water partition coefficient (Wildman–Crippen LogP) is 4.59. The first-order valence-corrected chi connectivity index (χ1v) is 10.2. The molecule has 0 aromatic heterocycles. The zero-order valence-electron chi connectivity index (χ0n) is 17.7. The molecule has 3 aromatic carbocycles. The van der Waals surface area contributed by atoms with Crippen LogP contribution in [0.3, 0.4) is 0 Å². The monoisotopic (exact) mass is 407 g/mol. The summed E-state index contributed by atoms with van der Waals surface area (Å²) in [6.07, 6.45) is 2.41. The van der Waals surface area contributed by atoms with E-state index in [2.05, 4.69) is 6.07 Å². The lowest BCUT2D eigenvalue weighted by molar-refractivity contribution is -0.137. The Balaban J connectivity index is 1.93. The van der Waals surface area contributed by atoms with Crippen LogP contribution in [0.1, 0.15) is 36.4 Å². The lowest BCUT2D eigenvalue weighted by Gasteiger charge is -2.41. The van der Waals surface area contributed by atoms with E-state index < -0.39 is 0 Å². The minimum absolute atomic E-state index is 0.00361. The quantitative estimate of drug-likeness (QED) is 0.592. The Kier molecular flexibility index (Phi) is 4.38. The van der Waals surface area contributed by atoms with Crippen molar-refractivity contribution in [3.05, 3.63) is 35.4 Å². The maximum Gasteiger partial charge on any atom is 0.223 e. The topological polar surface area (TPSA) is 57.2 Å². The molecule has 0 aliphatic carbocycles. The van der Waals surface area contributed by atoms with Gasteiger partial charge in [0.15, 0.2) is 23.0 Å². The fourth-order valence-corrected chi connectivity index (χ4v) is 5.13. The highest BCUT2D eigenvalue weighted by Crippen LogP contribution is 2.52. The third-order valence-corrected chi connectivity index (χ3v) is 6.44. The van der Waals surface area contributed by atoms with Crippen LogP contribution in [0.25, 0.3) is 21.5 Å². The number of carbonyl (C=O) groups excluding carboxylic acids is 1. The average Bonchev–Trinajstić information content (AvgIpc) is 2.78. The highest BCUT2D eigenvalue weighted by Gasteiger charge is 2.38. The van der Waals surface area contributed by atoms with Crippen molar-refractivity contribution in [3.63, 3.8) is 0 Å². The van der Waals surface area contributed by atoms with E-state index in [0.29, 0.717) is 30.2 Å². The van der Waals surface area contributed by atoms with Crippen molar-refractivity contribution in [1.82, 2.24) is 4.90 Å². The van der Waals surface area contributed by atoms with Crippen LogP contribution in [0.2, 0.25) is 0 Å². The Morgan fingerprint density at radius 3 is 2.27 bits per heavy atom. The van der Waals surface area contributed by atoms with E-state index in [1.165, 1.54) is 0 Å². The molecular formula is C24H25NO5. The average molecular weight is 407 g/mol. The van der Waals surface area contributed by atoms with Gasteiger partial charge in [0.2, 0.25) is 5.91 Å². The van der Waals surface area contributed by atoms with E-state index >= 15 is 0 Å². The molecule has 0 bridgehead atoms. The Bertz CT molecular complexity index is 1190. The molecule has 2 aliphatic heterocycles. The Morgan fingerprint density at radius 1 is 0.867 bits per heavy atom. The van der Waals surface area contributed by atoms with E-state index in [-0.39, 0.29) is 11.9 Å². The number of methoxy groups -OCH3 is 4. The summed E-state index contributed by atoms with van der Waals surface area (Å²) in [7, 11) is 6.60. The fraction of sp³-hybridized carbons (Fsp3) is 0.375. The number of carbonyl (C=O) groups is 1. The summed E-state index contributed by atoms with van der Waals surface area (Å²) in [5, 5.41) is 4.33. The molecule has 0 N–H and O–H groups in total. The zero-order valence-corrected chi connectivity index (χ0v) is 17.7. The van der Waals surface area contributed by atoms with Crippen LogP contribution in [-0.2, 0) is 11.3 Å². The van der Waals surface area contributed by atoms with Crippen LogP contribution in [0.15, 0.2) is 24.3 Å². The first-order chi connectivity index (χ1) is 14.6. The number of piperidine rings is 1. The van der Waals surface area contributed by atoms with Crippen molar-refractivity contribution >= 4 is 27.5 Å². The Labute approximate surface area is 175 Å². The third-order valence-electron chi connectivity index (χ3n) is 6.44. The van der Waals surface area contributed by atoms with Gasteiger partial charge in [-0.3, -0.25) is 4.79 Å². The second kappa shape index (κ2) is 6.97. The van der Waals surface area contributed by atoms with E-state index in [4.69, 9.17) is 18.9 Å². The number of benzene rings is 3. The number of amides is 1. The molecule has 0 spiro atoms. The normalized spacial score (nSPS) is 17.8. The molecule has 2 aliphatic rings. The number of rotatable bonds is 4. The summed E-state index contributed by atoms with van der Waals surface area (Å²) < 4.78 is 22.6. The van der Waals surface area contributed by atoms with E-state index in [1.54, 1.807) is 28.4 Å². The van der Waals surface area contributed by atoms with E-state index in [0.717, 1.165) is 51.3 Å². The molecule has 1 fully saturated rings. The van der Waals surface area contributed by atoms with Crippen molar-refractivity contribution in [2.75, 3.05) is 28.4 Å².